The summed E-state index contributed by atoms with van der Waals surface area (Å²) in [6.45, 7) is 0. The molecule has 0 aliphatic heterocycles. The molecule has 0 unspecified atom stereocenters. The Morgan fingerprint density at radius 2 is 1.57 bits per heavy atom. The first-order chi connectivity index (χ1) is 10.7. The molecular weight excluding hydrogens is 310 g/mol. The van der Waals surface area contributed by atoms with Gasteiger partial charge in [0.2, 0.25) is 5.91 Å². The predicted molar refractivity (Wildman–Crippen MR) is 89.6 cm³/mol. The zero-order chi connectivity index (χ0) is 16.4. The average molecular weight is 340 g/mol. The molecule has 0 saturated heterocycles. The van der Waals surface area contributed by atoms with E-state index in [-0.39, 0.29) is 17.1 Å². The molecule has 23 heavy (non-hydrogen) atoms. The molecule has 0 N–H and O–H groups in total. The summed E-state index contributed by atoms with van der Waals surface area (Å²) in [6, 6.07) is 0.421. The molecule has 0 atom stereocenters. The van der Waals surface area contributed by atoms with Crippen LogP contribution in [0.3, 0.4) is 0 Å². The normalized spacial score (nSPS) is 40.2. The minimum atomic E-state index is -3.00. The number of amides is 1. The highest BCUT2D eigenvalue weighted by atomic mass is 32.2. The van der Waals surface area contributed by atoms with Gasteiger partial charge in [0.25, 0.3) is 0 Å². The Balaban J connectivity index is 1.43. The minimum absolute atomic E-state index is 0.182. The molecule has 5 saturated carbocycles. The van der Waals surface area contributed by atoms with Crippen molar-refractivity contribution in [1.82, 2.24) is 4.90 Å². The van der Waals surface area contributed by atoms with Gasteiger partial charge in [0.1, 0.15) is 9.84 Å². The van der Waals surface area contributed by atoms with E-state index in [0.29, 0.717) is 24.3 Å². The quantitative estimate of drug-likeness (QED) is 0.773. The van der Waals surface area contributed by atoms with Gasteiger partial charge in [-0.1, -0.05) is 0 Å². The average Bonchev–Trinajstić information content (AvgIpc) is 3.13. The fourth-order valence-electron chi connectivity index (χ4n) is 6.25. The maximum Gasteiger partial charge on any atom is 0.223 e. The monoisotopic (exact) mass is 339 g/mol. The van der Waals surface area contributed by atoms with Crippen LogP contribution in [0.5, 0.6) is 0 Å². The van der Waals surface area contributed by atoms with Crippen molar-refractivity contribution in [3.63, 3.8) is 0 Å². The smallest absolute Gasteiger partial charge is 0.223 e. The highest BCUT2D eigenvalue weighted by Gasteiger charge is 2.52. The lowest BCUT2D eigenvalue weighted by Crippen LogP contribution is -2.56. The van der Waals surface area contributed by atoms with E-state index in [2.05, 4.69) is 0 Å². The van der Waals surface area contributed by atoms with Gasteiger partial charge in [-0.15, -0.1) is 0 Å². The second kappa shape index (κ2) is 5.21. The van der Waals surface area contributed by atoms with Crippen LogP contribution in [-0.4, -0.2) is 44.3 Å². The fraction of sp³-hybridized carbons (Fsp3) is 0.944. The van der Waals surface area contributed by atoms with Gasteiger partial charge < -0.3 is 4.90 Å². The van der Waals surface area contributed by atoms with Crippen molar-refractivity contribution in [2.24, 2.45) is 29.1 Å². The second-order valence-corrected chi connectivity index (χ2v) is 11.3. The van der Waals surface area contributed by atoms with E-state index >= 15 is 0 Å². The third-order valence-electron chi connectivity index (χ3n) is 7.07. The first-order valence-electron chi connectivity index (χ1n) is 9.18. The van der Waals surface area contributed by atoms with E-state index in [1.165, 1.54) is 38.4 Å². The molecule has 5 fully saturated rings. The molecule has 4 nitrogen and oxygen atoms in total. The van der Waals surface area contributed by atoms with Crippen LogP contribution in [0.25, 0.3) is 0 Å². The first kappa shape index (κ1) is 15.9. The van der Waals surface area contributed by atoms with Gasteiger partial charge in [-0.25, -0.2) is 8.42 Å². The summed E-state index contributed by atoms with van der Waals surface area (Å²) in [4.78, 5) is 14.9. The summed E-state index contributed by atoms with van der Waals surface area (Å²) >= 11 is 0. The zero-order valence-electron chi connectivity index (χ0n) is 14.3. The number of rotatable bonds is 5. The van der Waals surface area contributed by atoms with E-state index < -0.39 is 9.84 Å². The number of hydrogen-bond donors (Lipinski definition) is 0. The summed E-state index contributed by atoms with van der Waals surface area (Å²) < 4.78 is 23.2. The molecule has 5 heteroatoms. The topological polar surface area (TPSA) is 54.5 Å². The molecule has 0 aromatic heterocycles. The van der Waals surface area contributed by atoms with Crippen LogP contribution < -0.4 is 0 Å². The van der Waals surface area contributed by atoms with Gasteiger partial charge in [0.15, 0.2) is 0 Å². The molecule has 0 spiro atoms. The largest absolute Gasteiger partial charge is 0.342 e. The van der Waals surface area contributed by atoms with Crippen molar-refractivity contribution < 1.29 is 13.2 Å². The van der Waals surface area contributed by atoms with Gasteiger partial charge in [0.05, 0.1) is 5.75 Å². The van der Waals surface area contributed by atoms with Gasteiger partial charge in [-0.3, -0.25) is 4.79 Å². The highest BCUT2D eigenvalue weighted by Crippen LogP contribution is 2.55. The lowest BCUT2D eigenvalue weighted by atomic mass is 9.54. The third kappa shape index (κ3) is 3.06. The van der Waals surface area contributed by atoms with Crippen LogP contribution in [0.2, 0.25) is 0 Å². The second-order valence-electron chi connectivity index (χ2n) is 9.17. The van der Waals surface area contributed by atoms with Crippen molar-refractivity contribution in [1.29, 1.82) is 0 Å². The Labute approximate surface area is 139 Å². The van der Waals surface area contributed by atoms with Gasteiger partial charge >= 0.3 is 0 Å². The number of carbonyl (C=O) groups is 1. The van der Waals surface area contributed by atoms with Crippen LogP contribution >= 0.6 is 0 Å². The van der Waals surface area contributed by atoms with E-state index in [1.807, 2.05) is 11.9 Å². The van der Waals surface area contributed by atoms with Gasteiger partial charge in [-0.2, -0.15) is 0 Å². The van der Waals surface area contributed by atoms with Crippen LogP contribution in [0.1, 0.15) is 51.4 Å². The summed E-state index contributed by atoms with van der Waals surface area (Å²) in [5.41, 5.74) is -0.245. The fourth-order valence-corrected chi connectivity index (χ4v) is 7.75. The third-order valence-corrected chi connectivity index (χ3v) is 8.21. The molecule has 0 radical (unpaired) electrons. The van der Waals surface area contributed by atoms with E-state index in [1.54, 1.807) is 0 Å². The van der Waals surface area contributed by atoms with Crippen LogP contribution in [0.4, 0.5) is 0 Å². The number of carbonyl (C=O) groups excluding carboxylic acids is 1. The molecular formula is C18H29NO3S. The number of hydrogen-bond acceptors (Lipinski definition) is 3. The summed E-state index contributed by atoms with van der Waals surface area (Å²) in [5, 5.41) is 0. The Hall–Kier alpha value is -0.580. The zero-order valence-corrected chi connectivity index (χ0v) is 15.1. The minimum Gasteiger partial charge on any atom is -0.342 e. The molecule has 0 heterocycles. The van der Waals surface area contributed by atoms with Crippen molar-refractivity contribution in [2.45, 2.75) is 57.4 Å². The van der Waals surface area contributed by atoms with Crippen molar-refractivity contribution >= 4 is 15.7 Å². The molecule has 5 aliphatic carbocycles. The molecule has 0 aromatic carbocycles. The molecule has 5 aliphatic rings. The Morgan fingerprint density at radius 3 is 2.00 bits per heavy atom. The Kier molecular flexibility index (Phi) is 3.60. The standard InChI is InChI=1S/C18H29NO3S/c1-19(16(20)10-18(3-4-18)11-23(2,21)22)17-14-6-12-5-13(8-14)9-15(17)7-12/h12-15,17H,3-11H2,1-2H3. The maximum atomic E-state index is 12.8. The SMILES string of the molecule is CN(C(=O)CC1(CS(C)(=O)=O)CC1)C1C2CC3CC(C2)CC1C3. The molecule has 1 amide bonds. The summed E-state index contributed by atoms with van der Waals surface area (Å²) in [5.74, 6) is 3.59. The molecule has 5 rings (SSSR count). The predicted octanol–water partition coefficient (Wildman–Crippen LogP) is 2.48. The van der Waals surface area contributed by atoms with Crippen molar-refractivity contribution in [2.75, 3.05) is 19.1 Å². The Morgan fingerprint density at radius 1 is 1.04 bits per heavy atom. The number of nitrogens with zero attached hydrogens (tertiary/aromatic N) is 1. The molecule has 130 valence electrons. The lowest BCUT2D eigenvalue weighted by molar-refractivity contribution is -0.142. The van der Waals surface area contributed by atoms with E-state index in [9.17, 15) is 13.2 Å². The van der Waals surface area contributed by atoms with Crippen LogP contribution in [0.15, 0.2) is 0 Å². The van der Waals surface area contributed by atoms with E-state index in [0.717, 1.165) is 24.7 Å². The summed E-state index contributed by atoms with van der Waals surface area (Å²) in [7, 11) is -1.02. The van der Waals surface area contributed by atoms with E-state index in [4.69, 9.17) is 0 Å². The highest BCUT2D eigenvalue weighted by molar-refractivity contribution is 7.90. The maximum absolute atomic E-state index is 12.8. The number of sulfone groups is 1. The molecule has 0 aromatic rings. The van der Waals surface area contributed by atoms with Crippen LogP contribution in [-0.2, 0) is 14.6 Å². The van der Waals surface area contributed by atoms with Crippen molar-refractivity contribution in [3.05, 3.63) is 0 Å². The van der Waals surface area contributed by atoms with Gasteiger partial charge in [-0.05, 0) is 74.0 Å². The van der Waals surface area contributed by atoms with Gasteiger partial charge in [0, 0.05) is 25.8 Å². The van der Waals surface area contributed by atoms with Crippen molar-refractivity contribution in [3.8, 4) is 0 Å². The Bertz CT molecular complexity index is 580. The van der Waals surface area contributed by atoms with Crippen LogP contribution in [0, 0.1) is 29.1 Å². The first-order valence-corrected chi connectivity index (χ1v) is 11.2. The lowest BCUT2D eigenvalue weighted by Gasteiger charge is -2.56. The summed E-state index contributed by atoms with van der Waals surface area (Å²) in [6.07, 6.45) is 10.2. The molecule has 4 bridgehead atoms.